The molecule has 0 spiro atoms. The predicted molar refractivity (Wildman–Crippen MR) is 75.6 cm³/mol. The standard InChI is InChI=1S/C12H5ClF3IN2O3/c13-9-8(17)7(11(20)21)10(19-18-9)22-6-3-1-2-5(4-6)12(14,15)16/h1-4H,(H,20,21)/p-1. The molecule has 0 bridgehead atoms. The molecule has 0 atom stereocenters. The summed E-state index contributed by atoms with van der Waals surface area (Å²) in [4.78, 5) is 11.1. The number of hydrogen-bond donors (Lipinski definition) is 0. The summed E-state index contributed by atoms with van der Waals surface area (Å²) in [6, 6.07) is 3.90. The third kappa shape index (κ3) is 3.58. The molecule has 0 radical (unpaired) electrons. The first-order valence-corrected chi connectivity index (χ1v) is 6.94. The molecule has 2 rings (SSSR count). The highest BCUT2D eigenvalue weighted by Crippen LogP contribution is 2.34. The largest absolute Gasteiger partial charge is 0.545 e. The molecule has 1 aromatic carbocycles. The average Bonchev–Trinajstić information content (AvgIpc) is 2.42. The molecule has 22 heavy (non-hydrogen) atoms. The van der Waals surface area contributed by atoms with E-state index in [0.717, 1.165) is 12.1 Å². The van der Waals surface area contributed by atoms with Crippen LogP contribution in [0, 0.1) is 3.57 Å². The Morgan fingerprint density at radius 2 is 2.00 bits per heavy atom. The summed E-state index contributed by atoms with van der Waals surface area (Å²) in [5.74, 6) is -2.39. The van der Waals surface area contributed by atoms with E-state index in [2.05, 4.69) is 10.2 Å². The van der Waals surface area contributed by atoms with Gasteiger partial charge in [-0.15, -0.1) is 10.2 Å². The van der Waals surface area contributed by atoms with E-state index in [-0.39, 0.29) is 14.5 Å². The van der Waals surface area contributed by atoms with Gasteiger partial charge in [0.05, 0.1) is 20.7 Å². The van der Waals surface area contributed by atoms with E-state index < -0.39 is 29.2 Å². The molecule has 0 aliphatic heterocycles. The summed E-state index contributed by atoms with van der Waals surface area (Å²) in [5, 5.41) is 17.8. The van der Waals surface area contributed by atoms with Crippen LogP contribution in [0.25, 0.3) is 0 Å². The molecule has 1 heterocycles. The summed E-state index contributed by atoms with van der Waals surface area (Å²) < 4.78 is 43.0. The topological polar surface area (TPSA) is 75.1 Å². The van der Waals surface area contributed by atoms with Crippen LogP contribution in [0.15, 0.2) is 24.3 Å². The zero-order valence-corrected chi connectivity index (χ0v) is 13.2. The van der Waals surface area contributed by atoms with Crippen molar-refractivity contribution in [1.29, 1.82) is 0 Å². The number of halogens is 5. The molecule has 5 nitrogen and oxygen atoms in total. The third-order valence-corrected chi connectivity index (χ3v) is 4.06. The molecule has 0 unspecified atom stereocenters. The highest BCUT2D eigenvalue weighted by atomic mass is 127. The van der Waals surface area contributed by atoms with E-state index in [0.29, 0.717) is 6.07 Å². The number of carboxylic acids is 1. The zero-order chi connectivity index (χ0) is 16.5. The van der Waals surface area contributed by atoms with E-state index >= 15 is 0 Å². The van der Waals surface area contributed by atoms with E-state index in [1.165, 1.54) is 6.07 Å². The molecule has 0 aliphatic rings. The van der Waals surface area contributed by atoms with Gasteiger partial charge in [-0.2, -0.15) is 13.2 Å². The Morgan fingerprint density at radius 1 is 1.32 bits per heavy atom. The summed E-state index contributed by atoms with van der Waals surface area (Å²) >= 11 is 7.23. The number of carbonyl (C=O) groups excluding carboxylic acids is 1. The second-order valence-corrected chi connectivity index (χ2v) is 5.34. The van der Waals surface area contributed by atoms with Gasteiger partial charge in [0.2, 0.25) is 5.88 Å². The lowest BCUT2D eigenvalue weighted by atomic mass is 10.2. The Balaban J connectivity index is 2.44. The van der Waals surface area contributed by atoms with Crippen LogP contribution in [0.4, 0.5) is 13.2 Å². The number of carbonyl (C=O) groups is 1. The molecule has 0 aliphatic carbocycles. The Hall–Kier alpha value is -1.62. The number of alkyl halides is 3. The minimum atomic E-state index is -4.56. The quantitative estimate of drug-likeness (QED) is 0.682. The fourth-order valence-electron chi connectivity index (χ4n) is 1.48. The maximum Gasteiger partial charge on any atom is 0.416 e. The minimum Gasteiger partial charge on any atom is -0.545 e. The smallest absolute Gasteiger partial charge is 0.416 e. The second-order valence-electron chi connectivity index (χ2n) is 3.90. The fraction of sp³-hybridized carbons (Fsp3) is 0.0833. The van der Waals surface area contributed by atoms with Crippen LogP contribution in [0.5, 0.6) is 11.6 Å². The third-order valence-electron chi connectivity index (χ3n) is 2.42. The molecule has 1 aromatic heterocycles. The summed E-state index contributed by atoms with van der Waals surface area (Å²) in [6.45, 7) is 0. The lowest BCUT2D eigenvalue weighted by Crippen LogP contribution is -2.25. The van der Waals surface area contributed by atoms with Gasteiger partial charge >= 0.3 is 6.18 Å². The minimum absolute atomic E-state index is 0.0104. The van der Waals surface area contributed by atoms with E-state index in [4.69, 9.17) is 16.3 Å². The van der Waals surface area contributed by atoms with Crippen LogP contribution in [0.3, 0.4) is 0 Å². The zero-order valence-electron chi connectivity index (χ0n) is 10.3. The van der Waals surface area contributed by atoms with Crippen LogP contribution in [-0.2, 0) is 6.18 Å². The maximum atomic E-state index is 12.6. The van der Waals surface area contributed by atoms with Crippen molar-refractivity contribution in [1.82, 2.24) is 10.2 Å². The van der Waals surface area contributed by atoms with Gasteiger partial charge in [0, 0.05) is 0 Å². The van der Waals surface area contributed by atoms with Gasteiger partial charge in [-0.25, -0.2) is 0 Å². The second kappa shape index (κ2) is 6.24. The number of aromatic carboxylic acids is 1. The van der Waals surface area contributed by atoms with Crippen LogP contribution in [0.2, 0.25) is 5.15 Å². The molecule has 2 aromatic rings. The van der Waals surface area contributed by atoms with Gasteiger partial charge in [0.15, 0.2) is 5.15 Å². The number of aromatic nitrogens is 2. The summed E-state index contributed by atoms with van der Waals surface area (Å²) in [6.07, 6.45) is -4.56. The van der Waals surface area contributed by atoms with Crippen molar-refractivity contribution in [2.75, 3.05) is 0 Å². The molecule has 10 heteroatoms. The van der Waals surface area contributed by atoms with Crippen molar-refractivity contribution in [2.45, 2.75) is 6.18 Å². The van der Waals surface area contributed by atoms with Gasteiger partial charge < -0.3 is 14.6 Å². The lowest BCUT2D eigenvalue weighted by Gasteiger charge is -2.13. The number of rotatable bonds is 3. The van der Waals surface area contributed by atoms with Crippen molar-refractivity contribution in [2.24, 2.45) is 0 Å². The summed E-state index contributed by atoms with van der Waals surface area (Å²) in [7, 11) is 0. The van der Waals surface area contributed by atoms with Crippen molar-refractivity contribution < 1.29 is 27.8 Å². The Labute approximate surface area is 140 Å². The van der Waals surface area contributed by atoms with Crippen molar-refractivity contribution in [3.63, 3.8) is 0 Å². The van der Waals surface area contributed by atoms with Gasteiger partial charge in [-0.3, -0.25) is 0 Å². The van der Waals surface area contributed by atoms with Crippen LogP contribution < -0.4 is 9.84 Å². The van der Waals surface area contributed by atoms with Crippen molar-refractivity contribution in [3.8, 4) is 11.6 Å². The SMILES string of the molecule is O=C([O-])c1c(Oc2cccc(C(F)(F)F)c2)nnc(Cl)c1I. The highest BCUT2D eigenvalue weighted by Gasteiger charge is 2.30. The fourth-order valence-corrected chi connectivity index (χ4v) is 2.17. The number of hydrogen-bond acceptors (Lipinski definition) is 5. The molecule has 0 saturated heterocycles. The van der Waals surface area contributed by atoms with E-state index in [9.17, 15) is 23.1 Å². The average molecular weight is 444 g/mol. The Morgan fingerprint density at radius 3 is 2.59 bits per heavy atom. The van der Waals surface area contributed by atoms with Gasteiger partial charge in [0.1, 0.15) is 5.75 Å². The maximum absolute atomic E-state index is 12.6. The predicted octanol–water partition coefficient (Wildman–Crippen LogP) is 2.91. The van der Waals surface area contributed by atoms with Crippen LogP contribution in [0.1, 0.15) is 15.9 Å². The number of benzene rings is 1. The van der Waals surface area contributed by atoms with Crippen molar-refractivity contribution >= 4 is 40.2 Å². The van der Waals surface area contributed by atoms with E-state index in [1.54, 1.807) is 22.6 Å². The molecule has 0 fully saturated rings. The monoisotopic (exact) mass is 443 g/mol. The van der Waals surface area contributed by atoms with Crippen molar-refractivity contribution in [3.05, 3.63) is 44.1 Å². The first kappa shape index (κ1) is 16.7. The molecule has 116 valence electrons. The number of carboxylic acid groups (broad SMARTS) is 1. The Bertz CT molecular complexity index is 740. The number of nitrogens with zero attached hydrogens (tertiary/aromatic N) is 2. The first-order valence-electron chi connectivity index (χ1n) is 5.48. The Kier molecular flexibility index (Phi) is 4.75. The van der Waals surface area contributed by atoms with Gasteiger partial charge in [-0.05, 0) is 40.8 Å². The molecule has 0 N–H and O–H groups in total. The highest BCUT2D eigenvalue weighted by molar-refractivity contribution is 14.1. The van der Waals surface area contributed by atoms with Crippen LogP contribution >= 0.6 is 34.2 Å². The normalized spacial score (nSPS) is 11.3. The lowest BCUT2D eigenvalue weighted by molar-refractivity contribution is -0.255. The van der Waals surface area contributed by atoms with Gasteiger partial charge in [0.25, 0.3) is 0 Å². The number of ether oxygens (including phenoxy) is 1. The van der Waals surface area contributed by atoms with E-state index in [1.807, 2.05) is 0 Å². The molecule has 0 amide bonds. The summed E-state index contributed by atoms with van der Waals surface area (Å²) in [5.41, 5.74) is -1.44. The first-order chi connectivity index (χ1) is 10.2. The van der Waals surface area contributed by atoms with Crippen LogP contribution in [-0.4, -0.2) is 16.2 Å². The van der Waals surface area contributed by atoms with Gasteiger partial charge in [-0.1, -0.05) is 17.7 Å². The molecular weight excluding hydrogens is 439 g/mol. The molecule has 0 saturated carbocycles. The molecular formula is C12H4ClF3IN2O3-.